The highest BCUT2D eigenvalue weighted by atomic mass is 14.9. The average Bonchev–Trinajstić information content (AvgIpc) is 2.21. The lowest BCUT2D eigenvalue weighted by Gasteiger charge is -2.16. The number of nitrogens with one attached hydrogen (secondary N) is 2. The van der Waals surface area contributed by atoms with E-state index in [1.54, 1.807) is 0 Å². The van der Waals surface area contributed by atoms with Crippen LogP contribution in [0.25, 0.3) is 0 Å². The van der Waals surface area contributed by atoms with Gasteiger partial charge in [0.2, 0.25) is 0 Å². The molecule has 0 aromatic heterocycles. The van der Waals surface area contributed by atoms with Crippen LogP contribution in [0.4, 0.5) is 0 Å². The van der Waals surface area contributed by atoms with Crippen LogP contribution in [0.3, 0.4) is 0 Å². The zero-order valence-electron chi connectivity index (χ0n) is 10.7. The lowest BCUT2D eigenvalue weighted by atomic mass is 10.1. The Hall–Kier alpha value is -0.340. The normalized spacial score (nSPS) is 12.7. The Morgan fingerprint density at radius 1 is 1.13 bits per heavy atom. The first kappa shape index (κ1) is 14.7. The maximum Gasteiger partial charge on any atom is 0.0271 e. The molecule has 90 valence electrons. The molecule has 0 rings (SSSR count). The van der Waals surface area contributed by atoms with E-state index in [1.165, 1.54) is 24.8 Å². The summed E-state index contributed by atoms with van der Waals surface area (Å²) in [4.78, 5) is 0. The maximum atomic E-state index is 3.99. The highest BCUT2D eigenvalue weighted by molar-refractivity contribution is 5.00. The predicted octanol–water partition coefficient (Wildman–Crippen LogP) is 2.71. The highest BCUT2D eigenvalue weighted by Crippen LogP contribution is 2.01. The van der Waals surface area contributed by atoms with Crippen LogP contribution in [0.2, 0.25) is 0 Å². The Morgan fingerprint density at radius 2 is 1.80 bits per heavy atom. The van der Waals surface area contributed by atoms with E-state index in [0.29, 0.717) is 6.04 Å². The third kappa shape index (κ3) is 8.64. The van der Waals surface area contributed by atoms with E-state index in [4.69, 9.17) is 0 Å². The van der Waals surface area contributed by atoms with E-state index in [0.717, 1.165) is 26.1 Å². The molecule has 2 N–H and O–H groups in total. The largest absolute Gasteiger partial charge is 0.317 e. The molecule has 15 heavy (non-hydrogen) atoms. The fourth-order valence-electron chi connectivity index (χ4n) is 1.58. The molecule has 0 aliphatic carbocycles. The van der Waals surface area contributed by atoms with E-state index < -0.39 is 0 Å². The molecule has 0 amide bonds. The molecule has 0 saturated heterocycles. The second-order valence-corrected chi connectivity index (χ2v) is 4.22. The lowest BCUT2D eigenvalue weighted by molar-refractivity contribution is 0.524. The molecular weight excluding hydrogens is 184 g/mol. The van der Waals surface area contributed by atoms with Gasteiger partial charge < -0.3 is 10.6 Å². The quantitative estimate of drug-likeness (QED) is 0.430. The molecule has 2 heteroatoms. The van der Waals surface area contributed by atoms with Gasteiger partial charge in [0.05, 0.1) is 0 Å². The minimum atomic E-state index is 0.501. The SMILES string of the molecule is C=C(C)C(CC)NCCCNCCCC. The topological polar surface area (TPSA) is 24.1 Å². The molecule has 1 unspecified atom stereocenters. The fraction of sp³-hybridized carbons (Fsp3) is 0.846. The Morgan fingerprint density at radius 3 is 2.33 bits per heavy atom. The summed E-state index contributed by atoms with van der Waals surface area (Å²) in [7, 11) is 0. The first-order valence-corrected chi connectivity index (χ1v) is 6.31. The van der Waals surface area contributed by atoms with Gasteiger partial charge in [0.1, 0.15) is 0 Å². The van der Waals surface area contributed by atoms with E-state index in [-0.39, 0.29) is 0 Å². The zero-order valence-corrected chi connectivity index (χ0v) is 10.7. The molecule has 2 nitrogen and oxygen atoms in total. The van der Waals surface area contributed by atoms with E-state index in [1.807, 2.05) is 0 Å². The minimum Gasteiger partial charge on any atom is -0.317 e. The van der Waals surface area contributed by atoms with Gasteiger partial charge in [-0.1, -0.05) is 32.4 Å². The summed E-state index contributed by atoms with van der Waals surface area (Å²) in [6, 6.07) is 0.501. The van der Waals surface area contributed by atoms with Crippen molar-refractivity contribution in [2.45, 2.75) is 52.5 Å². The molecule has 0 fully saturated rings. The van der Waals surface area contributed by atoms with E-state index >= 15 is 0 Å². The van der Waals surface area contributed by atoms with Gasteiger partial charge in [-0.05, 0) is 45.8 Å². The Kier molecular flexibility index (Phi) is 9.96. The number of hydrogen-bond acceptors (Lipinski definition) is 2. The molecule has 0 bridgehead atoms. The van der Waals surface area contributed by atoms with Crippen molar-refractivity contribution < 1.29 is 0 Å². The van der Waals surface area contributed by atoms with Crippen molar-refractivity contribution in [2.24, 2.45) is 0 Å². The monoisotopic (exact) mass is 212 g/mol. The third-order valence-electron chi connectivity index (χ3n) is 2.63. The summed E-state index contributed by atoms with van der Waals surface area (Å²) in [6.45, 7) is 13.9. The average molecular weight is 212 g/mol. The molecular formula is C13H28N2. The summed E-state index contributed by atoms with van der Waals surface area (Å²) in [6.07, 6.45) is 4.90. The van der Waals surface area contributed by atoms with Gasteiger partial charge in [-0.25, -0.2) is 0 Å². The van der Waals surface area contributed by atoms with Crippen LogP contribution in [0.15, 0.2) is 12.2 Å². The van der Waals surface area contributed by atoms with Crippen molar-refractivity contribution >= 4 is 0 Å². The Balaban J connectivity index is 3.25. The predicted molar refractivity (Wildman–Crippen MR) is 69.3 cm³/mol. The van der Waals surface area contributed by atoms with Crippen LogP contribution in [0.1, 0.15) is 46.5 Å². The van der Waals surface area contributed by atoms with Gasteiger partial charge >= 0.3 is 0 Å². The second kappa shape index (κ2) is 10.2. The van der Waals surface area contributed by atoms with Crippen molar-refractivity contribution in [3.05, 3.63) is 12.2 Å². The maximum absolute atomic E-state index is 3.99. The van der Waals surface area contributed by atoms with Gasteiger partial charge in [0, 0.05) is 6.04 Å². The smallest absolute Gasteiger partial charge is 0.0271 e. The van der Waals surface area contributed by atoms with Crippen LogP contribution in [-0.2, 0) is 0 Å². The van der Waals surface area contributed by atoms with Gasteiger partial charge in [0.25, 0.3) is 0 Å². The zero-order chi connectivity index (χ0) is 11.5. The van der Waals surface area contributed by atoms with Gasteiger partial charge in [-0.3, -0.25) is 0 Å². The summed E-state index contributed by atoms with van der Waals surface area (Å²) in [5.41, 5.74) is 1.25. The molecule has 0 aromatic rings. The van der Waals surface area contributed by atoms with Gasteiger partial charge in [0.15, 0.2) is 0 Å². The molecule has 0 aromatic carbocycles. The van der Waals surface area contributed by atoms with Crippen LogP contribution in [-0.4, -0.2) is 25.7 Å². The first-order chi connectivity index (χ1) is 7.22. The lowest BCUT2D eigenvalue weighted by Crippen LogP contribution is -2.31. The summed E-state index contributed by atoms with van der Waals surface area (Å²) in [5, 5.41) is 6.97. The summed E-state index contributed by atoms with van der Waals surface area (Å²) >= 11 is 0. The molecule has 0 spiro atoms. The van der Waals surface area contributed by atoms with Crippen molar-refractivity contribution in [2.75, 3.05) is 19.6 Å². The Labute approximate surface area is 95.5 Å². The number of hydrogen-bond donors (Lipinski definition) is 2. The standard InChI is InChI=1S/C13H28N2/c1-5-7-9-14-10-8-11-15-13(6-2)12(3)4/h13-15H,3,5-11H2,1-2,4H3. The van der Waals surface area contributed by atoms with E-state index in [9.17, 15) is 0 Å². The van der Waals surface area contributed by atoms with Crippen molar-refractivity contribution in [3.8, 4) is 0 Å². The fourth-order valence-corrected chi connectivity index (χ4v) is 1.58. The summed E-state index contributed by atoms with van der Waals surface area (Å²) < 4.78 is 0. The summed E-state index contributed by atoms with van der Waals surface area (Å²) in [5.74, 6) is 0. The molecule has 0 heterocycles. The Bertz CT molecular complexity index is 155. The van der Waals surface area contributed by atoms with Gasteiger partial charge in [-0.15, -0.1) is 0 Å². The minimum absolute atomic E-state index is 0.501. The molecule has 0 aliphatic heterocycles. The van der Waals surface area contributed by atoms with Crippen LogP contribution >= 0.6 is 0 Å². The van der Waals surface area contributed by atoms with Crippen LogP contribution in [0.5, 0.6) is 0 Å². The van der Waals surface area contributed by atoms with E-state index in [2.05, 4.69) is 38.0 Å². The van der Waals surface area contributed by atoms with Crippen molar-refractivity contribution in [1.82, 2.24) is 10.6 Å². The molecule has 0 aliphatic rings. The van der Waals surface area contributed by atoms with Crippen molar-refractivity contribution in [3.63, 3.8) is 0 Å². The van der Waals surface area contributed by atoms with Crippen LogP contribution < -0.4 is 10.6 Å². The first-order valence-electron chi connectivity index (χ1n) is 6.31. The number of unbranched alkanes of at least 4 members (excludes halogenated alkanes) is 1. The van der Waals surface area contributed by atoms with Gasteiger partial charge in [-0.2, -0.15) is 0 Å². The third-order valence-corrected chi connectivity index (χ3v) is 2.63. The number of rotatable bonds is 10. The molecule has 0 saturated carbocycles. The highest BCUT2D eigenvalue weighted by Gasteiger charge is 2.03. The molecule has 1 atom stereocenters. The molecule has 0 radical (unpaired) electrons. The van der Waals surface area contributed by atoms with Crippen LogP contribution in [0, 0.1) is 0 Å². The van der Waals surface area contributed by atoms with Crippen molar-refractivity contribution in [1.29, 1.82) is 0 Å². The second-order valence-electron chi connectivity index (χ2n) is 4.22.